The Hall–Kier alpha value is -0.120. The van der Waals surface area contributed by atoms with Crippen LogP contribution >= 0.6 is 0 Å². The van der Waals surface area contributed by atoms with E-state index in [9.17, 15) is 0 Å². The molecule has 0 amide bonds. The van der Waals surface area contributed by atoms with E-state index < -0.39 is 0 Å². The molecule has 0 bridgehead atoms. The molecule has 1 unspecified atom stereocenters. The Morgan fingerprint density at radius 1 is 1.42 bits per heavy atom. The first-order valence-corrected chi connectivity index (χ1v) is 4.96. The number of hydrogen-bond acceptors (Lipinski definition) is 3. The van der Waals surface area contributed by atoms with Gasteiger partial charge in [-0.15, -0.1) is 0 Å². The van der Waals surface area contributed by atoms with Crippen LogP contribution in [0, 0.1) is 0 Å². The number of nitrogens with one attached hydrogen (secondary N) is 1. The Labute approximate surface area is 74.7 Å². The predicted molar refractivity (Wildman–Crippen MR) is 50.1 cm³/mol. The second kappa shape index (κ2) is 6.40. The molecule has 0 aromatic carbocycles. The first kappa shape index (κ1) is 9.96. The summed E-state index contributed by atoms with van der Waals surface area (Å²) in [6.07, 6.45) is 5.48. The van der Waals surface area contributed by atoms with Crippen molar-refractivity contribution in [3.63, 3.8) is 0 Å². The monoisotopic (exact) mass is 172 g/mol. The molecule has 1 fully saturated rings. The molecule has 0 saturated carbocycles. The van der Waals surface area contributed by atoms with Crippen LogP contribution in [0.5, 0.6) is 0 Å². The Bertz CT molecular complexity index is 103. The molecule has 72 valence electrons. The molecule has 0 aliphatic carbocycles. The van der Waals surface area contributed by atoms with Crippen molar-refractivity contribution in [1.29, 1.82) is 0 Å². The fourth-order valence-electron chi connectivity index (χ4n) is 1.55. The maximum atomic E-state index is 5.51. The maximum absolute atomic E-state index is 5.51. The first-order valence-electron chi connectivity index (χ1n) is 4.96. The first-order chi connectivity index (χ1) is 5.93. The molecule has 1 atom stereocenters. The molecule has 1 heterocycles. The van der Waals surface area contributed by atoms with Crippen molar-refractivity contribution in [2.24, 2.45) is 5.73 Å². The molecule has 1 rings (SSSR count). The average molecular weight is 172 g/mol. The molecule has 3 nitrogen and oxygen atoms in total. The van der Waals surface area contributed by atoms with Crippen LogP contribution in [0.3, 0.4) is 0 Å². The summed E-state index contributed by atoms with van der Waals surface area (Å²) in [7, 11) is 0. The second-order valence-corrected chi connectivity index (χ2v) is 3.32. The van der Waals surface area contributed by atoms with Gasteiger partial charge in [0.05, 0.1) is 6.10 Å². The highest BCUT2D eigenvalue weighted by Crippen LogP contribution is 2.16. The van der Waals surface area contributed by atoms with E-state index in [1.807, 2.05) is 0 Å². The Kier molecular flexibility index (Phi) is 5.32. The number of hydrogen-bond donors (Lipinski definition) is 2. The summed E-state index contributed by atoms with van der Waals surface area (Å²) in [6, 6.07) is 0. The Balaban J connectivity index is 1.81. The van der Waals surface area contributed by atoms with E-state index in [1.54, 1.807) is 0 Å². The summed E-state index contributed by atoms with van der Waals surface area (Å²) < 4.78 is 5.51. The van der Waals surface area contributed by atoms with Gasteiger partial charge in [-0.25, -0.2) is 0 Å². The zero-order valence-electron chi connectivity index (χ0n) is 7.72. The van der Waals surface area contributed by atoms with Crippen LogP contribution < -0.4 is 11.1 Å². The molecule has 3 N–H and O–H groups in total. The summed E-state index contributed by atoms with van der Waals surface area (Å²) in [5, 5.41) is 3.28. The molecule has 12 heavy (non-hydrogen) atoms. The van der Waals surface area contributed by atoms with Gasteiger partial charge in [0, 0.05) is 19.7 Å². The van der Waals surface area contributed by atoms with Gasteiger partial charge in [-0.1, -0.05) is 0 Å². The van der Waals surface area contributed by atoms with Crippen LogP contribution in [0.1, 0.15) is 25.7 Å². The van der Waals surface area contributed by atoms with Gasteiger partial charge in [0.1, 0.15) is 0 Å². The van der Waals surface area contributed by atoms with Crippen LogP contribution in [0.2, 0.25) is 0 Å². The van der Waals surface area contributed by atoms with Gasteiger partial charge >= 0.3 is 0 Å². The lowest BCUT2D eigenvalue weighted by Gasteiger charge is -2.08. The fourth-order valence-corrected chi connectivity index (χ4v) is 1.55. The molecule has 1 aliphatic heterocycles. The molecule has 0 aromatic heterocycles. The van der Waals surface area contributed by atoms with Gasteiger partial charge in [0.15, 0.2) is 0 Å². The van der Waals surface area contributed by atoms with E-state index in [0.717, 1.165) is 26.2 Å². The molecular weight excluding hydrogens is 152 g/mol. The Morgan fingerprint density at radius 3 is 3.00 bits per heavy atom. The average Bonchev–Trinajstić information content (AvgIpc) is 2.57. The van der Waals surface area contributed by atoms with Crippen LogP contribution in [-0.4, -0.2) is 32.3 Å². The van der Waals surface area contributed by atoms with Crippen LogP contribution in [0.15, 0.2) is 0 Å². The van der Waals surface area contributed by atoms with Gasteiger partial charge in [0.25, 0.3) is 0 Å². The lowest BCUT2D eigenvalue weighted by atomic mass is 10.1. The lowest BCUT2D eigenvalue weighted by molar-refractivity contribution is 0.102. The molecular formula is C9H20N2O. The maximum Gasteiger partial charge on any atom is 0.0576 e. The molecule has 1 aliphatic rings. The third-order valence-corrected chi connectivity index (χ3v) is 2.22. The summed E-state index contributed by atoms with van der Waals surface area (Å²) in [5.74, 6) is 0. The van der Waals surface area contributed by atoms with Gasteiger partial charge in [-0.05, 0) is 32.2 Å². The Morgan fingerprint density at radius 2 is 2.33 bits per heavy atom. The van der Waals surface area contributed by atoms with E-state index in [0.29, 0.717) is 6.10 Å². The highest BCUT2D eigenvalue weighted by atomic mass is 16.5. The van der Waals surface area contributed by atoms with Gasteiger partial charge in [-0.2, -0.15) is 0 Å². The minimum atomic E-state index is 0.546. The normalized spacial score (nSPS) is 23.2. The second-order valence-electron chi connectivity index (χ2n) is 3.32. The minimum absolute atomic E-state index is 0.546. The van der Waals surface area contributed by atoms with E-state index in [2.05, 4.69) is 5.32 Å². The quantitative estimate of drug-likeness (QED) is 0.573. The van der Waals surface area contributed by atoms with Gasteiger partial charge in [-0.3, -0.25) is 0 Å². The molecule has 1 saturated heterocycles. The molecule has 0 aromatic rings. The van der Waals surface area contributed by atoms with E-state index >= 15 is 0 Å². The van der Waals surface area contributed by atoms with E-state index in [1.165, 1.54) is 25.7 Å². The van der Waals surface area contributed by atoms with Crippen molar-refractivity contribution < 1.29 is 4.74 Å². The summed E-state index contributed by atoms with van der Waals surface area (Å²) >= 11 is 0. The van der Waals surface area contributed by atoms with Crippen molar-refractivity contribution in [3.8, 4) is 0 Å². The van der Waals surface area contributed by atoms with Crippen molar-refractivity contribution in [2.75, 3.05) is 26.2 Å². The molecule has 0 radical (unpaired) electrons. The smallest absolute Gasteiger partial charge is 0.0576 e. The summed E-state index contributed by atoms with van der Waals surface area (Å²) in [6.45, 7) is 3.73. The number of nitrogens with two attached hydrogens (primary N) is 1. The minimum Gasteiger partial charge on any atom is -0.378 e. The summed E-state index contributed by atoms with van der Waals surface area (Å²) in [4.78, 5) is 0. The number of rotatable bonds is 6. The van der Waals surface area contributed by atoms with Crippen LogP contribution in [0.25, 0.3) is 0 Å². The molecule has 0 spiro atoms. The topological polar surface area (TPSA) is 47.3 Å². The van der Waals surface area contributed by atoms with Crippen molar-refractivity contribution >= 4 is 0 Å². The predicted octanol–water partition coefficient (Wildman–Crippen LogP) is 0.494. The van der Waals surface area contributed by atoms with Gasteiger partial charge in [0.2, 0.25) is 0 Å². The van der Waals surface area contributed by atoms with Gasteiger partial charge < -0.3 is 15.8 Å². The van der Waals surface area contributed by atoms with Crippen molar-refractivity contribution in [1.82, 2.24) is 5.32 Å². The third kappa shape index (κ3) is 4.04. The largest absolute Gasteiger partial charge is 0.378 e. The van der Waals surface area contributed by atoms with Crippen molar-refractivity contribution in [2.45, 2.75) is 31.8 Å². The van der Waals surface area contributed by atoms with E-state index in [4.69, 9.17) is 10.5 Å². The van der Waals surface area contributed by atoms with Crippen molar-refractivity contribution in [3.05, 3.63) is 0 Å². The third-order valence-electron chi connectivity index (χ3n) is 2.22. The zero-order valence-corrected chi connectivity index (χ0v) is 7.72. The molecule has 3 heteroatoms. The zero-order chi connectivity index (χ0) is 8.65. The summed E-state index contributed by atoms with van der Waals surface area (Å²) in [5.41, 5.74) is 5.35. The van der Waals surface area contributed by atoms with Crippen LogP contribution in [0.4, 0.5) is 0 Å². The highest BCUT2D eigenvalue weighted by Gasteiger charge is 2.13. The van der Waals surface area contributed by atoms with E-state index in [-0.39, 0.29) is 0 Å². The standard InChI is InChI=1S/C9H20N2O/c10-5-7-11-6-1-3-9-4-2-8-12-9/h9,11H,1-8,10H2. The fraction of sp³-hybridized carbons (Fsp3) is 1.00. The number of ether oxygens (including phenoxy) is 1. The van der Waals surface area contributed by atoms with Crippen LogP contribution in [-0.2, 0) is 4.74 Å². The SMILES string of the molecule is NCCNCCCC1CCCO1. The lowest BCUT2D eigenvalue weighted by Crippen LogP contribution is -2.24. The highest BCUT2D eigenvalue weighted by molar-refractivity contribution is 4.65.